The average molecular weight is 477 g/mol. The van der Waals surface area contributed by atoms with Gasteiger partial charge in [-0.05, 0) is 0 Å². The maximum atomic E-state index is 9.47. The Balaban J connectivity index is 3.20. The molecule has 24 heavy (non-hydrogen) atoms. The fourth-order valence-electron chi connectivity index (χ4n) is 2.99. The SMILES string of the molecule is CCC[CH2][Sn]([CH2]CCC)([CH2]CCC)[O]c1c(Cl)cc(Cl)cc1C#N. The molecular formula is C19H29Cl2NOSn. The van der Waals surface area contributed by atoms with E-state index in [-0.39, 0.29) is 0 Å². The summed E-state index contributed by atoms with van der Waals surface area (Å²) in [6.45, 7) is 6.69. The van der Waals surface area contributed by atoms with Gasteiger partial charge in [-0.25, -0.2) is 0 Å². The van der Waals surface area contributed by atoms with Crippen molar-refractivity contribution in [1.82, 2.24) is 0 Å². The van der Waals surface area contributed by atoms with Gasteiger partial charge in [0.1, 0.15) is 0 Å². The van der Waals surface area contributed by atoms with Crippen molar-refractivity contribution in [3.63, 3.8) is 0 Å². The molecule has 134 valence electrons. The molecule has 5 heteroatoms. The molecule has 0 atom stereocenters. The van der Waals surface area contributed by atoms with Crippen LogP contribution < -0.4 is 3.07 Å². The zero-order valence-electron chi connectivity index (χ0n) is 15.1. The molecule has 0 saturated carbocycles. The normalized spacial score (nSPS) is 11.3. The van der Waals surface area contributed by atoms with Crippen molar-refractivity contribution >= 4 is 42.0 Å². The van der Waals surface area contributed by atoms with Crippen LogP contribution in [0.3, 0.4) is 0 Å². The zero-order valence-corrected chi connectivity index (χ0v) is 19.5. The molecule has 0 radical (unpaired) electrons. The van der Waals surface area contributed by atoms with E-state index in [0.29, 0.717) is 21.4 Å². The second kappa shape index (κ2) is 11.5. The molecule has 1 aromatic rings. The standard InChI is InChI=1S/C7H3Cl2NO.3C4H9.Sn/c8-5-1-4(3-10)7(11)6(9)2-5;3*1-3-4-2;/h1-2,11H;3*1,3-4H2,2H3;/q;;;;+1/p-1. The maximum absolute atomic E-state index is 9.47. The van der Waals surface area contributed by atoms with Gasteiger partial charge >= 0.3 is 162 Å². The third kappa shape index (κ3) is 6.65. The second-order valence-electron chi connectivity index (χ2n) is 6.47. The molecule has 0 spiro atoms. The third-order valence-corrected chi connectivity index (χ3v) is 17.6. The summed E-state index contributed by atoms with van der Waals surface area (Å²) >= 11 is 9.58. The Morgan fingerprint density at radius 3 is 1.88 bits per heavy atom. The summed E-state index contributed by atoms with van der Waals surface area (Å²) in [6, 6.07) is 5.56. The molecule has 2 nitrogen and oxygen atoms in total. The van der Waals surface area contributed by atoms with Crippen LogP contribution in [-0.2, 0) is 0 Å². The number of nitriles is 1. The molecule has 0 aliphatic heterocycles. The number of unbranched alkanes of at least 4 members (excludes halogenated alkanes) is 3. The predicted molar refractivity (Wildman–Crippen MR) is 107 cm³/mol. The van der Waals surface area contributed by atoms with E-state index in [2.05, 4.69) is 26.8 Å². The first-order valence-corrected chi connectivity index (χ1v) is 17.1. The summed E-state index contributed by atoms with van der Waals surface area (Å²) in [6.07, 6.45) is 7.16. The Morgan fingerprint density at radius 2 is 1.46 bits per heavy atom. The van der Waals surface area contributed by atoms with E-state index < -0.39 is 18.8 Å². The molecule has 0 N–H and O–H groups in total. The van der Waals surface area contributed by atoms with E-state index in [1.165, 1.54) is 51.8 Å². The van der Waals surface area contributed by atoms with Crippen LogP contribution in [0.4, 0.5) is 0 Å². The van der Waals surface area contributed by atoms with Crippen LogP contribution in [0, 0.1) is 11.3 Å². The van der Waals surface area contributed by atoms with Gasteiger partial charge in [-0.1, -0.05) is 0 Å². The van der Waals surface area contributed by atoms with Gasteiger partial charge in [0.25, 0.3) is 0 Å². The van der Waals surface area contributed by atoms with Gasteiger partial charge in [0.05, 0.1) is 0 Å². The topological polar surface area (TPSA) is 33.0 Å². The van der Waals surface area contributed by atoms with Crippen LogP contribution in [0.25, 0.3) is 0 Å². The fourth-order valence-corrected chi connectivity index (χ4v) is 17.1. The van der Waals surface area contributed by atoms with E-state index in [1.807, 2.05) is 0 Å². The molecule has 1 rings (SSSR count). The van der Waals surface area contributed by atoms with Gasteiger partial charge < -0.3 is 0 Å². The van der Waals surface area contributed by atoms with Crippen molar-refractivity contribution in [1.29, 1.82) is 5.26 Å². The van der Waals surface area contributed by atoms with Gasteiger partial charge in [0.2, 0.25) is 0 Å². The Hall–Kier alpha value is -0.111. The molecule has 0 aromatic heterocycles. The van der Waals surface area contributed by atoms with Crippen molar-refractivity contribution < 1.29 is 3.07 Å². The van der Waals surface area contributed by atoms with Crippen molar-refractivity contribution in [3.8, 4) is 11.8 Å². The summed E-state index contributed by atoms with van der Waals surface area (Å²) in [5.74, 6) is 0.586. The van der Waals surface area contributed by atoms with E-state index in [4.69, 9.17) is 26.3 Å². The molecule has 0 amide bonds. The summed E-state index contributed by atoms with van der Waals surface area (Å²) in [4.78, 5) is 0. The van der Waals surface area contributed by atoms with Gasteiger partial charge in [-0.15, -0.1) is 0 Å². The van der Waals surface area contributed by atoms with Gasteiger partial charge in [0.15, 0.2) is 0 Å². The summed E-state index contributed by atoms with van der Waals surface area (Å²) in [7, 11) is 0. The summed E-state index contributed by atoms with van der Waals surface area (Å²) in [5, 5.41) is 10.4. The van der Waals surface area contributed by atoms with Crippen LogP contribution in [0.15, 0.2) is 12.1 Å². The van der Waals surface area contributed by atoms with E-state index >= 15 is 0 Å². The molecule has 1 aromatic carbocycles. The summed E-state index contributed by atoms with van der Waals surface area (Å²) < 4.78 is 10.3. The average Bonchev–Trinajstić information content (AvgIpc) is 2.58. The number of halogens is 2. The Morgan fingerprint density at radius 1 is 0.958 bits per heavy atom. The van der Waals surface area contributed by atoms with Crippen LogP contribution in [0.1, 0.15) is 64.9 Å². The van der Waals surface area contributed by atoms with Crippen LogP contribution in [-0.4, -0.2) is 18.8 Å². The minimum absolute atomic E-state index is 0.470. The second-order valence-corrected chi connectivity index (χ2v) is 18.9. The van der Waals surface area contributed by atoms with Gasteiger partial charge in [0, 0.05) is 0 Å². The van der Waals surface area contributed by atoms with E-state index in [1.54, 1.807) is 12.1 Å². The number of hydrogen-bond donors (Lipinski definition) is 0. The number of nitrogens with zero attached hydrogens (tertiary/aromatic N) is 1. The molecule has 0 heterocycles. The van der Waals surface area contributed by atoms with Crippen molar-refractivity contribution in [2.75, 3.05) is 0 Å². The molecule has 0 bridgehead atoms. The first-order chi connectivity index (χ1) is 11.5. The monoisotopic (exact) mass is 477 g/mol. The van der Waals surface area contributed by atoms with Crippen molar-refractivity contribution in [2.24, 2.45) is 0 Å². The first kappa shape index (κ1) is 21.9. The quantitative estimate of drug-likeness (QED) is 0.308. The number of benzene rings is 1. The molecule has 0 aliphatic carbocycles. The number of hydrogen-bond acceptors (Lipinski definition) is 2. The van der Waals surface area contributed by atoms with Crippen molar-refractivity contribution in [3.05, 3.63) is 27.7 Å². The Labute approximate surface area is 161 Å². The molecule has 0 aliphatic rings. The fraction of sp³-hybridized carbons (Fsp3) is 0.632. The first-order valence-electron chi connectivity index (χ1n) is 9.10. The van der Waals surface area contributed by atoms with Gasteiger partial charge in [-0.2, -0.15) is 0 Å². The molecule has 0 saturated heterocycles. The number of rotatable bonds is 11. The van der Waals surface area contributed by atoms with E-state index in [0.717, 1.165) is 0 Å². The molecule has 0 fully saturated rings. The van der Waals surface area contributed by atoms with Gasteiger partial charge in [-0.3, -0.25) is 0 Å². The van der Waals surface area contributed by atoms with Crippen molar-refractivity contribution in [2.45, 2.75) is 72.6 Å². The molecular weight excluding hydrogens is 448 g/mol. The Bertz CT molecular complexity index is 535. The molecule has 0 unspecified atom stereocenters. The van der Waals surface area contributed by atoms with Crippen LogP contribution in [0.5, 0.6) is 5.75 Å². The van der Waals surface area contributed by atoms with Crippen LogP contribution >= 0.6 is 23.2 Å². The van der Waals surface area contributed by atoms with E-state index in [9.17, 15) is 5.26 Å². The Kier molecular flexibility index (Phi) is 10.5. The zero-order chi connectivity index (χ0) is 18.0. The summed E-state index contributed by atoms with van der Waals surface area (Å²) in [5.41, 5.74) is 0.470. The van der Waals surface area contributed by atoms with Crippen LogP contribution in [0.2, 0.25) is 23.4 Å². The predicted octanol–water partition coefficient (Wildman–Crippen LogP) is 7.59. The third-order valence-electron chi connectivity index (χ3n) is 4.41. The minimum atomic E-state index is -2.86.